The van der Waals surface area contributed by atoms with Crippen molar-refractivity contribution < 1.29 is 22.4 Å². The van der Waals surface area contributed by atoms with E-state index in [2.05, 4.69) is 0 Å². The second-order valence-corrected chi connectivity index (χ2v) is 4.16. The molecule has 1 aliphatic rings. The minimum Gasteiger partial charge on any atom is -0.335 e. The summed E-state index contributed by atoms with van der Waals surface area (Å²) >= 11 is 0. The van der Waals surface area contributed by atoms with Gasteiger partial charge in [0.25, 0.3) is 5.91 Å². The molecule has 0 saturated carbocycles. The van der Waals surface area contributed by atoms with Gasteiger partial charge in [-0.2, -0.15) is 13.2 Å². The van der Waals surface area contributed by atoms with Gasteiger partial charge >= 0.3 is 6.18 Å². The highest BCUT2D eigenvalue weighted by molar-refractivity contribution is 5.95. The number of rotatable bonds is 1. The van der Waals surface area contributed by atoms with Crippen LogP contribution in [0, 0.1) is 5.82 Å². The topological polar surface area (TPSA) is 46.3 Å². The Morgan fingerprint density at radius 2 is 1.94 bits per heavy atom. The Labute approximate surface area is 100 Å². The first-order valence-electron chi connectivity index (χ1n) is 5.20. The number of hydrogen-bond acceptors (Lipinski definition) is 2. The molecular weight excluding hydrogens is 252 g/mol. The average molecular weight is 262 g/mol. The molecule has 7 heteroatoms. The van der Waals surface area contributed by atoms with Crippen LogP contribution in [0.15, 0.2) is 18.2 Å². The molecule has 0 spiro atoms. The van der Waals surface area contributed by atoms with E-state index in [1.807, 2.05) is 0 Å². The Morgan fingerprint density at radius 3 is 2.44 bits per heavy atom. The number of carbonyl (C=O) groups is 1. The fourth-order valence-corrected chi connectivity index (χ4v) is 1.74. The van der Waals surface area contributed by atoms with Crippen LogP contribution in [0.2, 0.25) is 0 Å². The fourth-order valence-electron chi connectivity index (χ4n) is 1.74. The van der Waals surface area contributed by atoms with Crippen molar-refractivity contribution in [2.24, 2.45) is 5.73 Å². The first-order chi connectivity index (χ1) is 8.29. The summed E-state index contributed by atoms with van der Waals surface area (Å²) < 4.78 is 50.4. The van der Waals surface area contributed by atoms with Crippen LogP contribution in [-0.2, 0) is 6.18 Å². The van der Waals surface area contributed by atoms with Crippen molar-refractivity contribution in [3.05, 3.63) is 35.1 Å². The Kier molecular flexibility index (Phi) is 3.02. The largest absolute Gasteiger partial charge is 0.419 e. The van der Waals surface area contributed by atoms with Crippen LogP contribution in [0.25, 0.3) is 0 Å². The van der Waals surface area contributed by atoms with Crippen molar-refractivity contribution in [2.75, 3.05) is 13.1 Å². The Balaban J connectivity index is 2.27. The predicted molar refractivity (Wildman–Crippen MR) is 55.3 cm³/mol. The second kappa shape index (κ2) is 4.24. The van der Waals surface area contributed by atoms with Gasteiger partial charge in [0.15, 0.2) is 0 Å². The van der Waals surface area contributed by atoms with E-state index in [0.717, 1.165) is 6.07 Å². The average Bonchev–Trinajstić information content (AvgIpc) is 2.23. The van der Waals surface area contributed by atoms with Gasteiger partial charge < -0.3 is 10.6 Å². The minimum atomic E-state index is -4.81. The first-order valence-corrected chi connectivity index (χ1v) is 5.20. The summed E-state index contributed by atoms with van der Waals surface area (Å²) in [6.45, 7) is 0.606. The standard InChI is InChI=1S/C11H10F4N2O/c12-9-2-1-6(3-8(9)11(13,14)15)10(18)17-4-7(16)5-17/h1-3,7H,4-5,16H2. The molecule has 0 aliphatic carbocycles. The maximum atomic E-state index is 13.0. The summed E-state index contributed by atoms with van der Waals surface area (Å²) in [6, 6.07) is 2.07. The van der Waals surface area contributed by atoms with Crippen molar-refractivity contribution in [3.8, 4) is 0 Å². The fraction of sp³-hybridized carbons (Fsp3) is 0.364. The molecule has 1 aliphatic heterocycles. The van der Waals surface area contributed by atoms with E-state index in [9.17, 15) is 22.4 Å². The zero-order valence-electron chi connectivity index (χ0n) is 9.17. The van der Waals surface area contributed by atoms with Crippen LogP contribution < -0.4 is 5.73 Å². The van der Waals surface area contributed by atoms with E-state index in [4.69, 9.17) is 5.73 Å². The Hall–Kier alpha value is -1.63. The molecule has 1 heterocycles. The number of hydrogen-bond donors (Lipinski definition) is 1. The molecular formula is C11H10F4N2O. The third-order valence-corrected chi connectivity index (χ3v) is 2.72. The normalized spacial score (nSPS) is 16.6. The third-order valence-electron chi connectivity index (χ3n) is 2.72. The van der Waals surface area contributed by atoms with Gasteiger partial charge in [0.1, 0.15) is 5.82 Å². The number of likely N-dealkylation sites (tertiary alicyclic amines) is 1. The van der Waals surface area contributed by atoms with Crippen molar-refractivity contribution in [3.63, 3.8) is 0 Å². The lowest BCUT2D eigenvalue weighted by molar-refractivity contribution is -0.140. The van der Waals surface area contributed by atoms with E-state index in [-0.39, 0.29) is 11.6 Å². The van der Waals surface area contributed by atoms with Crippen molar-refractivity contribution in [2.45, 2.75) is 12.2 Å². The molecule has 3 nitrogen and oxygen atoms in total. The molecule has 98 valence electrons. The van der Waals surface area contributed by atoms with Crippen LogP contribution in [0.3, 0.4) is 0 Å². The number of nitrogens with two attached hydrogens (primary N) is 1. The van der Waals surface area contributed by atoms with Crippen molar-refractivity contribution >= 4 is 5.91 Å². The second-order valence-electron chi connectivity index (χ2n) is 4.16. The zero-order chi connectivity index (χ0) is 13.5. The molecule has 1 amide bonds. The van der Waals surface area contributed by atoms with Crippen LogP contribution in [0.4, 0.5) is 17.6 Å². The molecule has 2 rings (SSSR count). The lowest BCUT2D eigenvalue weighted by Crippen LogP contribution is -2.57. The van der Waals surface area contributed by atoms with Crippen LogP contribution >= 0.6 is 0 Å². The van der Waals surface area contributed by atoms with Crippen molar-refractivity contribution in [1.29, 1.82) is 0 Å². The van der Waals surface area contributed by atoms with Gasteiger partial charge in [-0.15, -0.1) is 0 Å². The molecule has 1 fully saturated rings. The number of benzene rings is 1. The van der Waals surface area contributed by atoms with Crippen LogP contribution in [-0.4, -0.2) is 29.9 Å². The van der Waals surface area contributed by atoms with Gasteiger partial charge in [-0.1, -0.05) is 0 Å². The van der Waals surface area contributed by atoms with Crippen LogP contribution in [0.1, 0.15) is 15.9 Å². The zero-order valence-corrected chi connectivity index (χ0v) is 9.17. The van der Waals surface area contributed by atoms with Gasteiger partial charge in [-0.05, 0) is 18.2 Å². The molecule has 1 aromatic rings. The minimum absolute atomic E-state index is 0.142. The summed E-state index contributed by atoms with van der Waals surface area (Å²) in [5.41, 5.74) is 3.86. The summed E-state index contributed by atoms with van der Waals surface area (Å²) in [6.07, 6.45) is -4.81. The molecule has 18 heavy (non-hydrogen) atoms. The lowest BCUT2D eigenvalue weighted by atomic mass is 10.0. The number of nitrogens with zero attached hydrogens (tertiary/aromatic N) is 1. The SMILES string of the molecule is NC1CN(C(=O)c2ccc(F)c(C(F)(F)F)c2)C1. The highest BCUT2D eigenvalue weighted by Crippen LogP contribution is 2.32. The summed E-state index contributed by atoms with van der Waals surface area (Å²) in [7, 11) is 0. The third kappa shape index (κ3) is 2.31. The number of amides is 1. The van der Waals surface area contributed by atoms with Gasteiger partial charge in [-0.25, -0.2) is 4.39 Å². The molecule has 0 atom stereocenters. The smallest absolute Gasteiger partial charge is 0.335 e. The summed E-state index contributed by atoms with van der Waals surface area (Å²) in [5, 5.41) is 0. The monoisotopic (exact) mass is 262 g/mol. The molecule has 0 unspecified atom stereocenters. The predicted octanol–water partition coefficient (Wildman–Crippen LogP) is 1.63. The number of halogens is 4. The highest BCUT2D eigenvalue weighted by Gasteiger charge is 2.36. The van der Waals surface area contributed by atoms with Gasteiger partial charge in [0.2, 0.25) is 0 Å². The van der Waals surface area contributed by atoms with Crippen molar-refractivity contribution in [1.82, 2.24) is 4.90 Å². The first kappa shape index (κ1) is 12.8. The van der Waals surface area contributed by atoms with E-state index in [0.29, 0.717) is 25.2 Å². The molecule has 0 bridgehead atoms. The summed E-state index contributed by atoms with van der Waals surface area (Å²) in [4.78, 5) is 13.1. The van der Waals surface area contributed by atoms with E-state index in [1.165, 1.54) is 4.90 Å². The lowest BCUT2D eigenvalue weighted by Gasteiger charge is -2.36. The maximum Gasteiger partial charge on any atom is 0.419 e. The van der Waals surface area contributed by atoms with Gasteiger partial charge in [-0.3, -0.25) is 4.79 Å². The Bertz CT molecular complexity index is 480. The number of carbonyl (C=O) groups excluding carboxylic acids is 1. The molecule has 0 radical (unpaired) electrons. The quantitative estimate of drug-likeness (QED) is 0.782. The van der Waals surface area contributed by atoms with Gasteiger partial charge in [0.05, 0.1) is 5.56 Å². The highest BCUT2D eigenvalue weighted by atomic mass is 19.4. The Morgan fingerprint density at radius 1 is 1.33 bits per heavy atom. The molecule has 2 N–H and O–H groups in total. The molecule has 1 aromatic carbocycles. The van der Waals surface area contributed by atoms with E-state index >= 15 is 0 Å². The van der Waals surface area contributed by atoms with E-state index < -0.39 is 23.5 Å². The van der Waals surface area contributed by atoms with Gasteiger partial charge in [0, 0.05) is 24.7 Å². The molecule has 1 saturated heterocycles. The maximum absolute atomic E-state index is 13.0. The number of alkyl halides is 3. The van der Waals surface area contributed by atoms with Crippen LogP contribution in [0.5, 0.6) is 0 Å². The van der Waals surface area contributed by atoms with E-state index in [1.54, 1.807) is 0 Å². The summed E-state index contributed by atoms with van der Waals surface area (Å²) in [5.74, 6) is -1.96. The molecule has 0 aromatic heterocycles.